The highest BCUT2D eigenvalue weighted by atomic mass is 14.6. The summed E-state index contributed by atoms with van der Waals surface area (Å²) in [4.78, 5) is 0. The van der Waals surface area contributed by atoms with Gasteiger partial charge < -0.3 is 17.2 Å². The molecular formula is C9H21N3. The van der Waals surface area contributed by atoms with Gasteiger partial charge in [0.2, 0.25) is 0 Å². The van der Waals surface area contributed by atoms with Crippen LogP contribution in [-0.2, 0) is 0 Å². The predicted molar refractivity (Wildman–Crippen MR) is 53.6 cm³/mol. The number of nitrogens with two attached hydrogens (primary N) is 3. The fourth-order valence-electron chi connectivity index (χ4n) is 1.54. The Balaban J connectivity index is 4.16. The van der Waals surface area contributed by atoms with Crippen LogP contribution in [0.2, 0.25) is 0 Å². The lowest BCUT2D eigenvalue weighted by atomic mass is 9.78. The van der Waals surface area contributed by atoms with Crippen LogP contribution >= 0.6 is 0 Å². The molecule has 0 saturated carbocycles. The fourth-order valence-corrected chi connectivity index (χ4v) is 1.54. The zero-order chi connectivity index (χ0) is 9.45. The third kappa shape index (κ3) is 3.34. The first-order valence-electron chi connectivity index (χ1n) is 4.48. The van der Waals surface area contributed by atoms with Gasteiger partial charge in [0.15, 0.2) is 0 Å². The van der Waals surface area contributed by atoms with Crippen molar-refractivity contribution in [3.63, 3.8) is 0 Å². The summed E-state index contributed by atoms with van der Waals surface area (Å²) in [5.74, 6) is 0. The Hall–Kier alpha value is -0.380. The highest BCUT2D eigenvalue weighted by molar-refractivity contribution is 4.95. The molecule has 0 aliphatic rings. The van der Waals surface area contributed by atoms with Crippen molar-refractivity contribution in [2.75, 3.05) is 19.6 Å². The molecule has 0 unspecified atom stereocenters. The molecule has 0 saturated heterocycles. The summed E-state index contributed by atoms with van der Waals surface area (Å²) in [6.45, 7) is 5.84. The standard InChI is InChI=1S/C9H21N3/c1-2-9(3-6-10,4-7-11)5-8-12/h2H,1,3-8,10-12H2. The largest absolute Gasteiger partial charge is 0.330 e. The Morgan fingerprint density at radius 3 is 1.42 bits per heavy atom. The van der Waals surface area contributed by atoms with Gasteiger partial charge >= 0.3 is 0 Å². The fraction of sp³-hybridized carbons (Fsp3) is 0.778. The van der Waals surface area contributed by atoms with E-state index in [-0.39, 0.29) is 5.41 Å². The van der Waals surface area contributed by atoms with Crippen molar-refractivity contribution >= 4 is 0 Å². The lowest BCUT2D eigenvalue weighted by Crippen LogP contribution is -2.28. The molecule has 0 fully saturated rings. The molecule has 0 bridgehead atoms. The van der Waals surface area contributed by atoms with Crippen LogP contribution in [-0.4, -0.2) is 19.6 Å². The second-order valence-corrected chi connectivity index (χ2v) is 3.18. The van der Waals surface area contributed by atoms with Crippen molar-refractivity contribution in [1.29, 1.82) is 0 Å². The minimum atomic E-state index is 0.0816. The van der Waals surface area contributed by atoms with Crippen LogP contribution < -0.4 is 17.2 Å². The maximum Gasteiger partial charge on any atom is -0.00690 e. The Labute approximate surface area is 75.0 Å². The van der Waals surface area contributed by atoms with E-state index in [0.717, 1.165) is 19.3 Å². The minimum Gasteiger partial charge on any atom is -0.330 e. The van der Waals surface area contributed by atoms with E-state index < -0.39 is 0 Å². The second kappa shape index (κ2) is 6.17. The van der Waals surface area contributed by atoms with Crippen LogP contribution in [0.15, 0.2) is 12.7 Å². The molecule has 0 aromatic carbocycles. The van der Waals surface area contributed by atoms with Gasteiger partial charge in [0, 0.05) is 0 Å². The van der Waals surface area contributed by atoms with E-state index in [2.05, 4.69) is 6.58 Å². The summed E-state index contributed by atoms with van der Waals surface area (Å²) in [6.07, 6.45) is 4.76. The normalized spacial score (nSPS) is 11.6. The van der Waals surface area contributed by atoms with Crippen molar-refractivity contribution in [2.45, 2.75) is 19.3 Å². The summed E-state index contributed by atoms with van der Waals surface area (Å²) in [6, 6.07) is 0. The maximum atomic E-state index is 5.52. The topological polar surface area (TPSA) is 78.1 Å². The monoisotopic (exact) mass is 171 g/mol. The summed E-state index contributed by atoms with van der Waals surface area (Å²) < 4.78 is 0. The average molecular weight is 171 g/mol. The Bertz CT molecular complexity index is 106. The Kier molecular flexibility index (Phi) is 5.98. The smallest absolute Gasteiger partial charge is 0.00690 e. The summed E-state index contributed by atoms with van der Waals surface area (Å²) in [7, 11) is 0. The van der Waals surface area contributed by atoms with Gasteiger partial charge in [0.05, 0.1) is 0 Å². The number of rotatable bonds is 7. The summed E-state index contributed by atoms with van der Waals surface area (Å²) in [5.41, 5.74) is 16.6. The van der Waals surface area contributed by atoms with Crippen molar-refractivity contribution in [2.24, 2.45) is 22.6 Å². The summed E-state index contributed by atoms with van der Waals surface area (Å²) >= 11 is 0. The van der Waals surface area contributed by atoms with Gasteiger partial charge in [-0.25, -0.2) is 0 Å². The van der Waals surface area contributed by atoms with Crippen LogP contribution in [0.3, 0.4) is 0 Å². The summed E-state index contributed by atoms with van der Waals surface area (Å²) in [5, 5.41) is 0. The first-order valence-corrected chi connectivity index (χ1v) is 4.48. The van der Waals surface area contributed by atoms with Gasteiger partial charge in [-0.05, 0) is 44.3 Å². The SMILES string of the molecule is C=CC(CCN)(CCN)CCN. The number of allylic oxidation sites excluding steroid dienone is 1. The average Bonchev–Trinajstić information content (AvgIpc) is 2.06. The Morgan fingerprint density at radius 1 is 0.917 bits per heavy atom. The second-order valence-electron chi connectivity index (χ2n) is 3.18. The first kappa shape index (κ1) is 11.6. The van der Waals surface area contributed by atoms with Gasteiger partial charge in [-0.15, -0.1) is 6.58 Å². The first-order chi connectivity index (χ1) is 5.74. The molecule has 0 radical (unpaired) electrons. The van der Waals surface area contributed by atoms with E-state index in [1.54, 1.807) is 0 Å². The predicted octanol–water partition coefficient (Wildman–Crippen LogP) is 0.205. The molecule has 0 atom stereocenters. The number of hydrogen-bond acceptors (Lipinski definition) is 3. The van der Waals surface area contributed by atoms with E-state index in [4.69, 9.17) is 17.2 Å². The lowest BCUT2D eigenvalue weighted by Gasteiger charge is -2.29. The highest BCUT2D eigenvalue weighted by Crippen LogP contribution is 2.30. The quantitative estimate of drug-likeness (QED) is 0.479. The molecule has 0 aliphatic heterocycles. The van der Waals surface area contributed by atoms with Crippen LogP contribution in [0, 0.1) is 5.41 Å². The van der Waals surface area contributed by atoms with Crippen LogP contribution in [0.5, 0.6) is 0 Å². The van der Waals surface area contributed by atoms with Crippen molar-refractivity contribution in [3.8, 4) is 0 Å². The zero-order valence-electron chi connectivity index (χ0n) is 7.76. The molecule has 0 aliphatic carbocycles. The van der Waals surface area contributed by atoms with Crippen molar-refractivity contribution in [1.82, 2.24) is 0 Å². The maximum absolute atomic E-state index is 5.52. The van der Waals surface area contributed by atoms with E-state index in [1.165, 1.54) is 0 Å². The van der Waals surface area contributed by atoms with Gasteiger partial charge in [-0.3, -0.25) is 0 Å². The Morgan fingerprint density at radius 2 is 1.25 bits per heavy atom. The third-order valence-corrected chi connectivity index (χ3v) is 2.36. The molecule has 72 valence electrons. The van der Waals surface area contributed by atoms with Gasteiger partial charge in [-0.1, -0.05) is 6.08 Å². The highest BCUT2D eigenvalue weighted by Gasteiger charge is 2.23. The van der Waals surface area contributed by atoms with Crippen LogP contribution in [0.1, 0.15) is 19.3 Å². The van der Waals surface area contributed by atoms with Crippen LogP contribution in [0.4, 0.5) is 0 Å². The molecule has 12 heavy (non-hydrogen) atoms. The molecule has 0 aromatic heterocycles. The molecule has 0 spiro atoms. The molecule has 0 aromatic rings. The van der Waals surface area contributed by atoms with E-state index >= 15 is 0 Å². The molecule has 6 N–H and O–H groups in total. The van der Waals surface area contributed by atoms with E-state index in [0.29, 0.717) is 19.6 Å². The van der Waals surface area contributed by atoms with Gasteiger partial charge in [0.25, 0.3) is 0 Å². The van der Waals surface area contributed by atoms with Gasteiger partial charge in [0.1, 0.15) is 0 Å². The van der Waals surface area contributed by atoms with Crippen molar-refractivity contribution in [3.05, 3.63) is 12.7 Å². The number of hydrogen-bond donors (Lipinski definition) is 3. The molecular weight excluding hydrogens is 150 g/mol. The third-order valence-electron chi connectivity index (χ3n) is 2.36. The zero-order valence-corrected chi connectivity index (χ0v) is 7.76. The molecule has 0 rings (SSSR count). The molecule has 0 amide bonds. The molecule has 3 heteroatoms. The van der Waals surface area contributed by atoms with Crippen molar-refractivity contribution < 1.29 is 0 Å². The molecule has 3 nitrogen and oxygen atoms in total. The van der Waals surface area contributed by atoms with Crippen LogP contribution in [0.25, 0.3) is 0 Å². The lowest BCUT2D eigenvalue weighted by molar-refractivity contribution is 0.313. The van der Waals surface area contributed by atoms with Gasteiger partial charge in [-0.2, -0.15) is 0 Å². The van der Waals surface area contributed by atoms with E-state index in [9.17, 15) is 0 Å². The minimum absolute atomic E-state index is 0.0816. The van der Waals surface area contributed by atoms with E-state index in [1.807, 2.05) is 6.08 Å². The molecule has 0 heterocycles.